The fourth-order valence-electron chi connectivity index (χ4n) is 2.71. The lowest BCUT2D eigenvalue weighted by Gasteiger charge is -2.21. The molecule has 1 aliphatic rings. The number of aliphatic imine (C=N–C) groups is 1. The van der Waals surface area contributed by atoms with Crippen LogP contribution in [0, 0.1) is 0 Å². The van der Waals surface area contributed by atoms with Gasteiger partial charge in [0.2, 0.25) is 0 Å². The summed E-state index contributed by atoms with van der Waals surface area (Å²) >= 11 is 0. The molecule has 7 nitrogen and oxygen atoms in total. The molecule has 1 aromatic carbocycles. The van der Waals surface area contributed by atoms with Crippen molar-refractivity contribution in [2.45, 2.75) is 26.7 Å². The van der Waals surface area contributed by atoms with E-state index in [2.05, 4.69) is 4.99 Å². The van der Waals surface area contributed by atoms with E-state index in [1.807, 2.05) is 38.1 Å². The molecule has 0 atom stereocenters. The number of allylic oxidation sites excluding steroid dienone is 2. The van der Waals surface area contributed by atoms with Crippen LogP contribution in [0.25, 0.3) is 11.8 Å². The maximum Gasteiger partial charge on any atom is 0.273 e. The Morgan fingerprint density at radius 2 is 2.15 bits per heavy atom. The third-order valence-electron chi connectivity index (χ3n) is 3.93. The van der Waals surface area contributed by atoms with E-state index in [4.69, 9.17) is 22.0 Å². The summed E-state index contributed by atoms with van der Waals surface area (Å²) in [6, 6.07) is 5.59. The number of fused-ring (bicyclic) bond motifs is 1. The van der Waals surface area contributed by atoms with Crippen molar-refractivity contribution in [1.82, 2.24) is 5.06 Å². The zero-order valence-corrected chi connectivity index (χ0v) is 15.8. The summed E-state index contributed by atoms with van der Waals surface area (Å²) in [4.78, 5) is 22.8. The SMILES string of the molecule is CCCN(OCC)C(=O)C1=Cc2ccc(/C(N)=C/C=C\N)cc2N=C(N)C1. The standard InChI is InChI=1S/C20H27N5O2/c1-3-10-25(27-4-2)20(26)16-11-15-8-7-14(17(22)6-5-9-21)12-18(15)24-19(23)13-16/h5-9,11-12H,3-4,10,13,21-22H2,1-2H3,(H2,23,24)/b9-5-,17-6-. The summed E-state index contributed by atoms with van der Waals surface area (Å²) in [5.41, 5.74) is 20.8. The number of hydrogen-bond acceptors (Lipinski definition) is 6. The van der Waals surface area contributed by atoms with Crippen molar-refractivity contribution >= 4 is 29.2 Å². The second-order valence-electron chi connectivity index (χ2n) is 6.06. The van der Waals surface area contributed by atoms with E-state index in [1.54, 1.807) is 12.2 Å². The van der Waals surface area contributed by atoms with Gasteiger partial charge in [-0.05, 0) is 49.4 Å². The number of amides is 1. The first-order chi connectivity index (χ1) is 13.0. The molecule has 0 aliphatic carbocycles. The normalized spacial score (nSPS) is 14.4. The molecule has 6 N–H and O–H groups in total. The third kappa shape index (κ3) is 5.21. The van der Waals surface area contributed by atoms with Gasteiger partial charge >= 0.3 is 0 Å². The lowest BCUT2D eigenvalue weighted by Crippen LogP contribution is -2.34. The molecule has 0 aromatic heterocycles. The van der Waals surface area contributed by atoms with Gasteiger partial charge in [0.05, 0.1) is 12.3 Å². The fourth-order valence-corrected chi connectivity index (χ4v) is 2.71. The number of hydrogen-bond donors (Lipinski definition) is 3. The zero-order valence-electron chi connectivity index (χ0n) is 15.8. The van der Waals surface area contributed by atoms with Crippen LogP contribution in [-0.4, -0.2) is 30.0 Å². The highest BCUT2D eigenvalue weighted by atomic mass is 16.7. The molecule has 0 spiro atoms. The number of nitrogens with two attached hydrogens (primary N) is 3. The van der Waals surface area contributed by atoms with Gasteiger partial charge < -0.3 is 17.2 Å². The van der Waals surface area contributed by atoms with E-state index < -0.39 is 0 Å². The first-order valence-electron chi connectivity index (χ1n) is 8.97. The van der Waals surface area contributed by atoms with E-state index >= 15 is 0 Å². The number of hydroxylamine groups is 2. The van der Waals surface area contributed by atoms with Crippen LogP contribution in [0.1, 0.15) is 37.8 Å². The molecule has 1 heterocycles. The molecule has 0 radical (unpaired) electrons. The van der Waals surface area contributed by atoms with Crippen molar-refractivity contribution in [3.63, 3.8) is 0 Å². The predicted molar refractivity (Wildman–Crippen MR) is 109 cm³/mol. The van der Waals surface area contributed by atoms with Crippen LogP contribution < -0.4 is 17.2 Å². The van der Waals surface area contributed by atoms with Crippen LogP contribution in [0.4, 0.5) is 5.69 Å². The summed E-state index contributed by atoms with van der Waals surface area (Å²) in [5, 5.41) is 1.39. The third-order valence-corrected chi connectivity index (χ3v) is 3.93. The Balaban J connectivity index is 2.40. The number of carbonyl (C=O) groups excluding carboxylic acids is 1. The molecule has 1 aliphatic heterocycles. The summed E-state index contributed by atoms with van der Waals surface area (Å²) in [6.07, 6.45) is 7.65. The topological polar surface area (TPSA) is 120 Å². The second kappa shape index (κ2) is 9.59. The van der Waals surface area contributed by atoms with Gasteiger partial charge in [0.25, 0.3) is 5.91 Å². The van der Waals surface area contributed by atoms with Gasteiger partial charge in [-0.1, -0.05) is 19.1 Å². The molecule has 1 aromatic rings. The Hall–Kier alpha value is -3.06. The first-order valence-corrected chi connectivity index (χ1v) is 8.97. The molecule has 0 saturated carbocycles. The summed E-state index contributed by atoms with van der Waals surface area (Å²) in [5.74, 6) is 0.170. The van der Waals surface area contributed by atoms with Gasteiger partial charge in [-0.15, -0.1) is 0 Å². The monoisotopic (exact) mass is 369 g/mol. The maximum absolute atomic E-state index is 12.9. The lowest BCUT2D eigenvalue weighted by atomic mass is 10.0. The molecule has 0 saturated heterocycles. The minimum atomic E-state index is -0.193. The Morgan fingerprint density at radius 1 is 1.37 bits per heavy atom. The highest BCUT2D eigenvalue weighted by molar-refractivity contribution is 6.05. The van der Waals surface area contributed by atoms with E-state index in [-0.39, 0.29) is 12.3 Å². The summed E-state index contributed by atoms with van der Waals surface area (Å²) < 4.78 is 0. The molecule has 7 heteroatoms. The van der Waals surface area contributed by atoms with Crippen molar-refractivity contribution < 1.29 is 9.63 Å². The van der Waals surface area contributed by atoms with Crippen LogP contribution in [0.5, 0.6) is 0 Å². The average molecular weight is 369 g/mol. The van der Waals surface area contributed by atoms with E-state index in [0.29, 0.717) is 35.9 Å². The van der Waals surface area contributed by atoms with Crippen molar-refractivity contribution in [3.05, 3.63) is 53.3 Å². The van der Waals surface area contributed by atoms with Crippen LogP contribution in [0.15, 0.2) is 47.1 Å². The summed E-state index contributed by atoms with van der Waals surface area (Å²) in [6.45, 7) is 4.78. The maximum atomic E-state index is 12.9. The Bertz CT molecular complexity index is 803. The average Bonchev–Trinajstić information content (AvgIpc) is 2.82. The van der Waals surface area contributed by atoms with E-state index in [1.165, 1.54) is 11.3 Å². The van der Waals surface area contributed by atoms with Gasteiger partial charge in [-0.25, -0.2) is 10.1 Å². The van der Waals surface area contributed by atoms with Crippen molar-refractivity contribution in [1.29, 1.82) is 0 Å². The van der Waals surface area contributed by atoms with Gasteiger partial charge in [-0.2, -0.15) is 0 Å². The molecule has 0 bridgehead atoms. The molecular formula is C20H27N5O2. The minimum absolute atomic E-state index is 0.193. The molecular weight excluding hydrogens is 342 g/mol. The molecule has 2 rings (SSSR count). The van der Waals surface area contributed by atoms with Gasteiger partial charge in [0.15, 0.2) is 0 Å². The van der Waals surface area contributed by atoms with E-state index in [0.717, 1.165) is 17.5 Å². The van der Waals surface area contributed by atoms with Crippen molar-refractivity contribution in [2.24, 2.45) is 22.2 Å². The van der Waals surface area contributed by atoms with Gasteiger partial charge in [0, 0.05) is 29.8 Å². The minimum Gasteiger partial charge on any atom is -0.405 e. The fraction of sp³-hybridized carbons (Fsp3) is 0.300. The highest BCUT2D eigenvalue weighted by Gasteiger charge is 2.22. The predicted octanol–water partition coefficient (Wildman–Crippen LogP) is 2.42. The summed E-state index contributed by atoms with van der Waals surface area (Å²) in [7, 11) is 0. The Kier molecular flexibility index (Phi) is 7.19. The Labute approximate surface area is 159 Å². The van der Waals surface area contributed by atoms with Gasteiger partial charge in [0.1, 0.15) is 5.84 Å². The second-order valence-corrected chi connectivity index (χ2v) is 6.06. The van der Waals surface area contributed by atoms with Crippen LogP contribution in [0.3, 0.4) is 0 Å². The largest absolute Gasteiger partial charge is 0.405 e. The molecule has 27 heavy (non-hydrogen) atoms. The molecule has 1 amide bonds. The van der Waals surface area contributed by atoms with Crippen molar-refractivity contribution in [3.8, 4) is 0 Å². The zero-order chi connectivity index (χ0) is 19.8. The molecule has 144 valence electrons. The number of benzene rings is 1. The van der Waals surface area contributed by atoms with Gasteiger partial charge in [-0.3, -0.25) is 9.63 Å². The van der Waals surface area contributed by atoms with Crippen LogP contribution in [0.2, 0.25) is 0 Å². The number of rotatable bonds is 7. The molecule has 0 unspecified atom stereocenters. The number of nitrogens with zero attached hydrogens (tertiary/aromatic N) is 2. The quantitative estimate of drug-likeness (QED) is 0.503. The van der Waals surface area contributed by atoms with Crippen molar-refractivity contribution in [2.75, 3.05) is 13.2 Å². The lowest BCUT2D eigenvalue weighted by molar-refractivity contribution is -0.180. The van der Waals surface area contributed by atoms with Crippen LogP contribution >= 0.6 is 0 Å². The number of amidine groups is 1. The van der Waals surface area contributed by atoms with E-state index in [9.17, 15) is 4.79 Å². The molecule has 0 fully saturated rings. The van der Waals surface area contributed by atoms with Crippen LogP contribution in [-0.2, 0) is 9.63 Å². The number of carbonyl (C=O) groups is 1. The highest BCUT2D eigenvalue weighted by Crippen LogP contribution is 2.29. The Morgan fingerprint density at radius 3 is 2.81 bits per heavy atom. The smallest absolute Gasteiger partial charge is 0.273 e. The first kappa shape index (κ1) is 20.3.